The number of ether oxygens (including phenoxy) is 1. The third kappa shape index (κ3) is 4.80. The smallest absolute Gasteiger partial charge is 0.261 e. The summed E-state index contributed by atoms with van der Waals surface area (Å²) in [7, 11) is 1.82. The van der Waals surface area contributed by atoms with E-state index in [-0.39, 0.29) is 6.61 Å². The molecule has 0 radical (unpaired) electrons. The van der Waals surface area contributed by atoms with Crippen LogP contribution < -0.4 is 5.32 Å². The molecule has 0 atom stereocenters. The maximum absolute atomic E-state index is 11.8. The Hall–Kier alpha value is -1.07. The van der Waals surface area contributed by atoms with Crippen molar-refractivity contribution in [3.63, 3.8) is 0 Å². The van der Waals surface area contributed by atoms with Crippen LogP contribution >= 0.6 is 0 Å². The highest BCUT2D eigenvalue weighted by atomic mass is 19.3. The lowest BCUT2D eigenvalue weighted by Gasteiger charge is -2.05. The van der Waals surface area contributed by atoms with Gasteiger partial charge < -0.3 is 10.1 Å². The predicted molar refractivity (Wildman–Crippen MR) is 52.7 cm³/mol. The van der Waals surface area contributed by atoms with Gasteiger partial charge in [0.2, 0.25) is 0 Å². The summed E-state index contributed by atoms with van der Waals surface area (Å²) in [5.41, 5.74) is 1.54. The molecule has 0 spiro atoms. The fraction of sp³-hybridized carbons (Fsp3) is 0.500. The van der Waals surface area contributed by atoms with Crippen LogP contribution in [0.3, 0.4) is 0 Å². The molecular weight excluding hydrogens is 202 g/mol. The Morgan fingerprint density at radius 3 is 2.80 bits per heavy atom. The molecule has 5 heteroatoms. The van der Waals surface area contributed by atoms with Gasteiger partial charge in [-0.2, -0.15) is 0 Å². The van der Waals surface area contributed by atoms with E-state index in [1.54, 1.807) is 6.07 Å². The molecule has 0 aliphatic carbocycles. The van der Waals surface area contributed by atoms with Crippen LogP contribution in [0.2, 0.25) is 0 Å². The lowest BCUT2D eigenvalue weighted by atomic mass is 10.3. The molecule has 3 nitrogen and oxygen atoms in total. The van der Waals surface area contributed by atoms with Gasteiger partial charge in [0.15, 0.2) is 0 Å². The molecule has 1 aromatic heterocycles. The number of nitrogens with zero attached hydrogens (tertiary/aromatic N) is 1. The fourth-order valence-corrected chi connectivity index (χ4v) is 1.14. The van der Waals surface area contributed by atoms with Crippen molar-refractivity contribution in [1.82, 2.24) is 10.3 Å². The van der Waals surface area contributed by atoms with Crippen LogP contribution in [0.15, 0.2) is 18.2 Å². The Morgan fingerprint density at radius 1 is 1.40 bits per heavy atom. The summed E-state index contributed by atoms with van der Waals surface area (Å²) < 4.78 is 28.3. The number of halogens is 2. The lowest BCUT2D eigenvalue weighted by molar-refractivity contribution is 0.00879. The van der Waals surface area contributed by atoms with Crippen LogP contribution in [0.5, 0.6) is 0 Å². The zero-order valence-electron chi connectivity index (χ0n) is 8.54. The first kappa shape index (κ1) is 12.0. The quantitative estimate of drug-likeness (QED) is 0.784. The van der Waals surface area contributed by atoms with Crippen LogP contribution in [-0.2, 0) is 17.9 Å². The second kappa shape index (κ2) is 6.42. The van der Waals surface area contributed by atoms with Crippen molar-refractivity contribution in [2.75, 3.05) is 13.7 Å². The first-order chi connectivity index (χ1) is 7.22. The monoisotopic (exact) mass is 216 g/mol. The van der Waals surface area contributed by atoms with Gasteiger partial charge in [-0.15, -0.1) is 0 Å². The number of hydrogen-bond acceptors (Lipinski definition) is 3. The largest absolute Gasteiger partial charge is 0.369 e. The van der Waals surface area contributed by atoms with Crippen molar-refractivity contribution in [2.24, 2.45) is 0 Å². The average Bonchev–Trinajstić information content (AvgIpc) is 2.18. The summed E-state index contributed by atoms with van der Waals surface area (Å²) in [5, 5.41) is 2.96. The van der Waals surface area contributed by atoms with E-state index in [1.165, 1.54) is 0 Å². The summed E-state index contributed by atoms with van der Waals surface area (Å²) in [6, 6.07) is 5.46. The van der Waals surface area contributed by atoms with Gasteiger partial charge in [-0.05, 0) is 19.2 Å². The van der Waals surface area contributed by atoms with Crippen LogP contribution in [0, 0.1) is 0 Å². The number of rotatable bonds is 6. The van der Waals surface area contributed by atoms with E-state index in [2.05, 4.69) is 10.3 Å². The molecule has 1 heterocycles. The molecule has 1 aromatic rings. The highest BCUT2D eigenvalue weighted by Gasteiger charge is 2.03. The van der Waals surface area contributed by atoms with Gasteiger partial charge in [-0.1, -0.05) is 6.07 Å². The van der Waals surface area contributed by atoms with Gasteiger partial charge in [0.1, 0.15) is 6.61 Å². The van der Waals surface area contributed by atoms with E-state index in [4.69, 9.17) is 4.74 Å². The molecule has 0 aliphatic heterocycles. The van der Waals surface area contributed by atoms with E-state index in [9.17, 15) is 8.78 Å². The zero-order valence-corrected chi connectivity index (χ0v) is 8.54. The third-order valence-corrected chi connectivity index (χ3v) is 1.72. The topological polar surface area (TPSA) is 34.1 Å². The predicted octanol–water partition coefficient (Wildman–Crippen LogP) is 1.58. The molecule has 0 saturated heterocycles. The fourth-order valence-electron chi connectivity index (χ4n) is 1.14. The average molecular weight is 216 g/mol. The molecular formula is C10H14F2N2O. The van der Waals surface area contributed by atoms with Crippen molar-refractivity contribution >= 4 is 0 Å². The SMILES string of the molecule is CNCc1cccc(COCC(F)F)n1. The van der Waals surface area contributed by atoms with E-state index in [0.717, 1.165) is 5.69 Å². The summed E-state index contributed by atoms with van der Waals surface area (Å²) in [5.74, 6) is 0. The molecule has 15 heavy (non-hydrogen) atoms. The Morgan fingerprint density at radius 2 is 2.13 bits per heavy atom. The van der Waals surface area contributed by atoms with Gasteiger partial charge in [-0.25, -0.2) is 8.78 Å². The Bertz CT molecular complexity index is 295. The minimum absolute atomic E-state index is 0.127. The van der Waals surface area contributed by atoms with Gasteiger partial charge in [0.05, 0.1) is 18.0 Å². The van der Waals surface area contributed by atoms with Crippen molar-refractivity contribution in [1.29, 1.82) is 0 Å². The highest BCUT2D eigenvalue weighted by Crippen LogP contribution is 2.02. The van der Waals surface area contributed by atoms with Crippen LogP contribution in [0.1, 0.15) is 11.4 Å². The Labute approximate surface area is 87.5 Å². The standard InChI is InChI=1S/C10H14F2N2O/c1-13-5-8-3-2-4-9(14-8)6-15-7-10(11)12/h2-4,10,13H,5-7H2,1H3. The Balaban J connectivity index is 2.43. The van der Waals surface area contributed by atoms with E-state index in [1.807, 2.05) is 19.2 Å². The molecule has 0 aliphatic rings. The molecule has 1 rings (SSSR count). The maximum Gasteiger partial charge on any atom is 0.261 e. The number of nitrogens with one attached hydrogen (secondary N) is 1. The van der Waals surface area contributed by atoms with E-state index < -0.39 is 13.0 Å². The molecule has 1 N–H and O–H groups in total. The second-order valence-corrected chi connectivity index (χ2v) is 3.06. The number of alkyl halides is 2. The molecule has 0 unspecified atom stereocenters. The summed E-state index contributed by atoms with van der Waals surface area (Å²) in [4.78, 5) is 4.23. The van der Waals surface area contributed by atoms with Crippen molar-refractivity contribution < 1.29 is 13.5 Å². The zero-order chi connectivity index (χ0) is 11.1. The molecule has 0 saturated carbocycles. The summed E-state index contributed by atoms with van der Waals surface area (Å²) in [6.07, 6.45) is -2.43. The molecule has 0 bridgehead atoms. The molecule has 0 fully saturated rings. The lowest BCUT2D eigenvalue weighted by Crippen LogP contribution is -2.09. The van der Waals surface area contributed by atoms with Crippen molar-refractivity contribution in [3.8, 4) is 0 Å². The Kier molecular flexibility index (Phi) is 5.14. The van der Waals surface area contributed by atoms with Gasteiger partial charge in [-0.3, -0.25) is 4.98 Å². The van der Waals surface area contributed by atoms with E-state index >= 15 is 0 Å². The maximum atomic E-state index is 11.8. The normalized spacial score (nSPS) is 10.9. The number of hydrogen-bond donors (Lipinski definition) is 1. The van der Waals surface area contributed by atoms with Crippen molar-refractivity contribution in [2.45, 2.75) is 19.6 Å². The van der Waals surface area contributed by atoms with Gasteiger partial charge in [0, 0.05) is 6.54 Å². The van der Waals surface area contributed by atoms with E-state index in [0.29, 0.717) is 12.2 Å². The third-order valence-electron chi connectivity index (χ3n) is 1.72. The first-order valence-corrected chi connectivity index (χ1v) is 4.67. The van der Waals surface area contributed by atoms with Crippen molar-refractivity contribution in [3.05, 3.63) is 29.6 Å². The van der Waals surface area contributed by atoms with Gasteiger partial charge >= 0.3 is 0 Å². The summed E-state index contributed by atoms with van der Waals surface area (Å²) >= 11 is 0. The van der Waals surface area contributed by atoms with Crippen LogP contribution in [0.4, 0.5) is 8.78 Å². The highest BCUT2D eigenvalue weighted by molar-refractivity contribution is 5.10. The van der Waals surface area contributed by atoms with Crippen LogP contribution in [0.25, 0.3) is 0 Å². The number of pyridine rings is 1. The summed E-state index contributed by atoms with van der Waals surface area (Å²) in [6.45, 7) is 0.239. The van der Waals surface area contributed by atoms with Crippen LogP contribution in [-0.4, -0.2) is 25.1 Å². The van der Waals surface area contributed by atoms with Gasteiger partial charge in [0.25, 0.3) is 6.43 Å². The molecule has 0 aromatic carbocycles. The first-order valence-electron chi connectivity index (χ1n) is 4.67. The second-order valence-electron chi connectivity index (χ2n) is 3.06. The minimum atomic E-state index is -2.43. The molecule has 84 valence electrons. The minimum Gasteiger partial charge on any atom is -0.369 e. The number of aromatic nitrogens is 1. The molecule has 0 amide bonds.